The van der Waals surface area contributed by atoms with Gasteiger partial charge in [-0.25, -0.2) is 0 Å². The lowest BCUT2D eigenvalue weighted by Gasteiger charge is -2.22. The molecule has 0 saturated heterocycles. The van der Waals surface area contributed by atoms with E-state index in [4.69, 9.17) is 0 Å². The van der Waals surface area contributed by atoms with Crippen LogP contribution in [-0.4, -0.2) is 26.6 Å². The third-order valence-electron chi connectivity index (χ3n) is 4.16. The Kier molecular flexibility index (Phi) is 4.33. The lowest BCUT2D eigenvalue weighted by Crippen LogP contribution is -2.33. The number of rotatable bonds is 5. The van der Waals surface area contributed by atoms with Crippen LogP contribution >= 0.6 is 0 Å². The molecule has 2 aromatic rings. The number of carbonyl (C=O) groups excluding carboxylic acids is 1. The van der Waals surface area contributed by atoms with Gasteiger partial charge in [0.1, 0.15) is 0 Å². The van der Waals surface area contributed by atoms with Gasteiger partial charge in [-0.1, -0.05) is 29.8 Å². The van der Waals surface area contributed by atoms with Crippen molar-refractivity contribution in [1.29, 1.82) is 0 Å². The number of hydrogen-bond acceptors (Lipinski definition) is 2. The van der Waals surface area contributed by atoms with Crippen LogP contribution in [0.4, 0.5) is 0 Å². The van der Waals surface area contributed by atoms with E-state index >= 15 is 0 Å². The van der Waals surface area contributed by atoms with E-state index in [9.17, 15) is 4.79 Å². The van der Waals surface area contributed by atoms with Crippen LogP contribution in [0.5, 0.6) is 0 Å². The molecule has 0 spiro atoms. The van der Waals surface area contributed by atoms with Crippen molar-refractivity contribution >= 4 is 12.0 Å². The van der Waals surface area contributed by atoms with Crippen LogP contribution in [0.15, 0.2) is 42.2 Å². The maximum absolute atomic E-state index is 12.8. The van der Waals surface area contributed by atoms with Gasteiger partial charge in [0, 0.05) is 37.0 Å². The number of benzene rings is 1. The quantitative estimate of drug-likeness (QED) is 0.795. The van der Waals surface area contributed by atoms with Crippen LogP contribution in [-0.2, 0) is 18.4 Å². The monoisotopic (exact) mass is 309 g/mol. The summed E-state index contributed by atoms with van der Waals surface area (Å²) >= 11 is 0. The average molecular weight is 309 g/mol. The molecular weight excluding hydrogens is 286 g/mol. The number of hydrogen-bond donors (Lipinski definition) is 0. The summed E-state index contributed by atoms with van der Waals surface area (Å²) in [4.78, 5) is 14.8. The lowest BCUT2D eigenvalue weighted by molar-refractivity contribution is -0.128. The molecule has 0 bridgehead atoms. The van der Waals surface area contributed by atoms with Crippen molar-refractivity contribution in [2.75, 3.05) is 0 Å². The minimum absolute atomic E-state index is 0.122. The molecule has 1 aliphatic carbocycles. The summed E-state index contributed by atoms with van der Waals surface area (Å²) in [5.74, 6) is 0.122. The highest BCUT2D eigenvalue weighted by molar-refractivity contribution is 5.97. The van der Waals surface area contributed by atoms with Gasteiger partial charge in [-0.3, -0.25) is 9.48 Å². The number of aryl methyl sites for hydroxylation is 2. The Morgan fingerprint density at radius 1 is 1.35 bits per heavy atom. The maximum Gasteiger partial charge on any atom is 0.250 e. The minimum Gasteiger partial charge on any atom is -0.332 e. The Balaban J connectivity index is 1.76. The largest absolute Gasteiger partial charge is 0.332 e. The van der Waals surface area contributed by atoms with Crippen molar-refractivity contribution in [3.05, 3.63) is 58.9 Å². The van der Waals surface area contributed by atoms with Crippen LogP contribution in [0.3, 0.4) is 0 Å². The van der Waals surface area contributed by atoms with Gasteiger partial charge in [0.05, 0.1) is 6.20 Å². The summed E-state index contributed by atoms with van der Waals surface area (Å²) in [6.07, 6.45) is 7.98. The van der Waals surface area contributed by atoms with E-state index in [1.54, 1.807) is 4.68 Å². The summed E-state index contributed by atoms with van der Waals surface area (Å²) < 4.78 is 1.78. The van der Waals surface area contributed by atoms with E-state index in [1.165, 1.54) is 5.56 Å². The fraction of sp³-hybridized carbons (Fsp3) is 0.368. The second-order valence-electron chi connectivity index (χ2n) is 6.42. The molecule has 0 N–H and O–H groups in total. The molecule has 0 radical (unpaired) electrons. The maximum atomic E-state index is 12.8. The van der Waals surface area contributed by atoms with Gasteiger partial charge >= 0.3 is 0 Å². The van der Waals surface area contributed by atoms with Gasteiger partial charge in [-0.2, -0.15) is 5.10 Å². The van der Waals surface area contributed by atoms with Crippen molar-refractivity contribution < 1.29 is 4.79 Å². The second-order valence-corrected chi connectivity index (χ2v) is 6.42. The zero-order chi connectivity index (χ0) is 16.4. The molecule has 1 aromatic heterocycles. The van der Waals surface area contributed by atoms with E-state index in [0.717, 1.165) is 29.5 Å². The molecule has 0 unspecified atom stereocenters. The molecule has 3 rings (SSSR count). The summed E-state index contributed by atoms with van der Waals surface area (Å²) in [7, 11) is 1.90. The normalized spacial score (nSPS) is 14.8. The highest BCUT2D eigenvalue weighted by Gasteiger charge is 2.33. The molecule has 1 heterocycles. The average Bonchev–Trinajstić information content (AvgIpc) is 3.29. The summed E-state index contributed by atoms with van der Waals surface area (Å²) in [5.41, 5.74) is 4.15. The zero-order valence-electron chi connectivity index (χ0n) is 14.0. The molecule has 23 heavy (non-hydrogen) atoms. The standard InChI is InChI=1S/C19H23N3O/c1-14-4-6-16(7-5-14)10-15(2)19(23)22(18-8-9-18)13-17-11-20-21(3)12-17/h4-7,10-12,18H,8-9,13H2,1-3H3/b15-10+. The topological polar surface area (TPSA) is 38.1 Å². The summed E-state index contributed by atoms with van der Waals surface area (Å²) in [5, 5.41) is 4.19. The van der Waals surface area contributed by atoms with Gasteiger partial charge in [-0.15, -0.1) is 0 Å². The first-order chi connectivity index (χ1) is 11.0. The van der Waals surface area contributed by atoms with Crippen molar-refractivity contribution in [2.45, 2.75) is 39.3 Å². The van der Waals surface area contributed by atoms with Gasteiger partial charge < -0.3 is 4.90 Å². The van der Waals surface area contributed by atoms with Crippen molar-refractivity contribution in [1.82, 2.24) is 14.7 Å². The summed E-state index contributed by atoms with van der Waals surface area (Å²) in [6, 6.07) is 8.61. The first-order valence-corrected chi connectivity index (χ1v) is 8.06. The predicted molar refractivity (Wildman–Crippen MR) is 91.6 cm³/mol. The number of amides is 1. The highest BCUT2D eigenvalue weighted by atomic mass is 16.2. The number of nitrogens with zero attached hydrogens (tertiary/aromatic N) is 3. The van der Waals surface area contributed by atoms with Gasteiger partial charge in [0.2, 0.25) is 5.91 Å². The number of aromatic nitrogens is 2. The first kappa shape index (κ1) is 15.5. The highest BCUT2D eigenvalue weighted by Crippen LogP contribution is 2.29. The van der Waals surface area contributed by atoms with Gasteiger partial charge in [-0.05, 0) is 38.3 Å². The van der Waals surface area contributed by atoms with Gasteiger partial charge in [0.25, 0.3) is 0 Å². The molecule has 1 saturated carbocycles. The minimum atomic E-state index is 0.122. The Labute approximate surface area is 137 Å². The molecule has 1 aliphatic rings. The molecule has 0 atom stereocenters. The van der Waals surface area contributed by atoms with Crippen LogP contribution in [0.1, 0.15) is 36.5 Å². The Morgan fingerprint density at radius 2 is 2.04 bits per heavy atom. The Hall–Kier alpha value is -2.36. The fourth-order valence-corrected chi connectivity index (χ4v) is 2.70. The third kappa shape index (κ3) is 3.89. The molecule has 4 heteroatoms. The van der Waals surface area contributed by atoms with E-state index in [0.29, 0.717) is 12.6 Å². The van der Waals surface area contributed by atoms with E-state index < -0.39 is 0 Å². The second kappa shape index (κ2) is 6.41. The van der Waals surface area contributed by atoms with Gasteiger partial charge in [0.15, 0.2) is 0 Å². The molecule has 1 fully saturated rings. The Bertz CT molecular complexity index is 723. The van der Waals surface area contributed by atoms with Crippen LogP contribution in [0.2, 0.25) is 0 Å². The fourth-order valence-electron chi connectivity index (χ4n) is 2.70. The molecule has 120 valence electrons. The van der Waals surface area contributed by atoms with E-state index in [-0.39, 0.29) is 5.91 Å². The first-order valence-electron chi connectivity index (χ1n) is 8.06. The lowest BCUT2D eigenvalue weighted by atomic mass is 10.1. The molecule has 0 aliphatic heterocycles. The summed E-state index contributed by atoms with van der Waals surface area (Å²) in [6.45, 7) is 4.60. The molecular formula is C19H23N3O. The smallest absolute Gasteiger partial charge is 0.250 e. The van der Waals surface area contributed by atoms with Crippen molar-refractivity contribution in [3.63, 3.8) is 0 Å². The van der Waals surface area contributed by atoms with E-state index in [1.807, 2.05) is 37.3 Å². The molecule has 4 nitrogen and oxygen atoms in total. The Morgan fingerprint density at radius 3 is 2.61 bits per heavy atom. The van der Waals surface area contributed by atoms with Crippen LogP contribution in [0.25, 0.3) is 6.08 Å². The van der Waals surface area contributed by atoms with Crippen LogP contribution in [0, 0.1) is 6.92 Å². The van der Waals surface area contributed by atoms with Crippen molar-refractivity contribution in [2.24, 2.45) is 7.05 Å². The van der Waals surface area contributed by atoms with E-state index in [2.05, 4.69) is 36.3 Å². The SMILES string of the molecule is C/C(=C\c1ccc(C)cc1)C(=O)N(Cc1cnn(C)c1)C1CC1. The number of carbonyl (C=O) groups is 1. The zero-order valence-corrected chi connectivity index (χ0v) is 14.0. The third-order valence-corrected chi connectivity index (χ3v) is 4.16. The molecule has 1 amide bonds. The van der Waals surface area contributed by atoms with Crippen LogP contribution < -0.4 is 0 Å². The van der Waals surface area contributed by atoms with Crippen molar-refractivity contribution in [3.8, 4) is 0 Å². The molecule has 1 aromatic carbocycles. The predicted octanol–water partition coefficient (Wildman–Crippen LogP) is 3.32.